The van der Waals surface area contributed by atoms with Crippen molar-refractivity contribution >= 4 is 23.5 Å². The van der Waals surface area contributed by atoms with Crippen LogP contribution >= 0.6 is 0 Å². The van der Waals surface area contributed by atoms with Crippen LogP contribution in [0, 0.1) is 0 Å². The van der Waals surface area contributed by atoms with E-state index < -0.39 is 12.0 Å². The van der Waals surface area contributed by atoms with E-state index in [1.807, 2.05) is 6.07 Å². The minimum absolute atomic E-state index is 0.0489. The van der Waals surface area contributed by atoms with E-state index in [9.17, 15) is 19.5 Å². The topological polar surface area (TPSA) is 87.2 Å². The molecule has 7 nitrogen and oxygen atoms in total. The number of piperidine rings is 1. The SMILES string of the molecule is O=C(O)[C@H]1CCCCN1C(=O)CCN1C(=O)COc2ccccc21. The van der Waals surface area contributed by atoms with Crippen molar-refractivity contribution in [3.63, 3.8) is 0 Å². The van der Waals surface area contributed by atoms with Gasteiger partial charge in [0.2, 0.25) is 5.91 Å². The first-order valence-corrected chi connectivity index (χ1v) is 8.12. The van der Waals surface area contributed by atoms with Crippen molar-refractivity contribution in [2.24, 2.45) is 0 Å². The maximum atomic E-state index is 12.5. The number of anilines is 1. The van der Waals surface area contributed by atoms with Gasteiger partial charge in [-0.05, 0) is 31.4 Å². The second kappa shape index (κ2) is 6.90. The number of hydrogen-bond acceptors (Lipinski definition) is 4. The van der Waals surface area contributed by atoms with Crippen molar-refractivity contribution in [2.45, 2.75) is 31.7 Å². The monoisotopic (exact) mass is 332 g/mol. The van der Waals surface area contributed by atoms with Gasteiger partial charge in [-0.1, -0.05) is 12.1 Å². The largest absolute Gasteiger partial charge is 0.482 e. The van der Waals surface area contributed by atoms with Crippen LogP contribution in [0.5, 0.6) is 5.75 Å². The van der Waals surface area contributed by atoms with E-state index in [2.05, 4.69) is 0 Å². The summed E-state index contributed by atoms with van der Waals surface area (Å²) < 4.78 is 5.37. The molecule has 24 heavy (non-hydrogen) atoms. The van der Waals surface area contributed by atoms with Crippen LogP contribution in [0.15, 0.2) is 24.3 Å². The number of carboxylic acids is 1. The molecule has 0 bridgehead atoms. The van der Waals surface area contributed by atoms with Gasteiger partial charge in [0.15, 0.2) is 6.61 Å². The fraction of sp³-hybridized carbons (Fsp3) is 0.471. The summed E-state index contributed by atoms with van der Waals surface area (Å²) in [6, 6.07) is 6.43. The third-order valence-electron chi connectivity index (χ3n) is 4.47. The van der Waals surface area contributed by atoms with Crippen LogP contribution in [-0.4, -0.2) is 53.5 Å². The average Bonchev–Trinajstić information content (AvgIpc) is 2.60. The number of fused-ring (bicyclic) bond motifs is 1. The van der Waals surface area contributed by atoms with Gasteiger partial charge in [-0.15, -0.1) is 0 Å². The molecule has 0 unspecified atom stereocenters. The van der Waals surface area contributed by atoms with Gasteiger partial charge >= 0.3 is 5.97 Å². The van der Waals surface area contributed by atoms with Crippen LogP contribution in [0.1, 0.15) is 25.7 Å². The standard InChI is InChI=1S/C17H20N2O5/c20-15(18-9-4-3-6-13(18)17(22)23)8-10-19-12-5-1-2-7-14(12)24-11-16(19)21/h1-2,5,7,13H,3-4,6,8-11H2,(H,22,23)/t13-/m1/s1. The zero-order valence-electron chi connectivity index (χ0n) is 13.3. The lowest BCUT2D eigenvalue weighted by Crippen LogP contribution is -2.49. The van der Waals surface area contributed by atoms with Crippen LogP contribution in [0.3, 0.4) is 0 Å². The van der Waals surface area contributed by atoms with E-state index in [4.69, 9.17) is 4.74 Å². The Morgan fingerprint density at radius 1 is 1.25 bits per heavy atom. The molecule has 2 aliphatic rings. The summed E-state index contributed by atoms with van der Waals surface area (Å²) in [5.41, 5.74) is 0.648. The number of amides is 2. The summed E-state index contributed by atoms with van der Waals surface area (Å²) in [6.07, 6.45) is 2.22. The van der Waals surface area contributed by atoms with Gasteiger partial charge in [-0.2, -0.15) is 0 Å². The molecule has 128 valence electrons. The van der Waals surface area contributed by atoms with E-state index >= 15 is 0 Å². The van der Waals surface area contributed by atoms with Gasteiger partial charge < -0.3 is 19.6 Å². The summed E-state index contributed by atoms with van der Waals surface area (Å²) in [4.78, 5) is 38.9. The molecule has 2 amide bonds. The third-order valence-corrected chi connectivity index (χ3v) is 4.47. The minimum Gasteiger partial charge on any atom is -0.482 e. The summed E-state index contributed by atoms with van der Waals surface area (Å²) >= 11 is 0. The van der Waals surface area contributed by atoms with Gasteiger partial charge in [0.25, 0.3) is 5.91 Å². The molecular formula is C17H20N2O5. The van der Waals surface area contributed by atoms with Crippen molar-refractivity contribution in [1.82, 2.24) is 4.90 Å². The highest BCUT2D eigenvalue weighted by Gasteiger charge is 2.32. The van der Waals surface area contributed by atoms with E-state index in [1.165, 1.54) is 9.80 Å². The molecule has 1 aromatic rings. The molecule has 2 aliphatic heterocycles. The highest BCUT2D eigenvalue weighted by atomic mass is 16.5. The molecule has 0 aromatic heterocycles. The summed E-state index contributed by atoms with van der Waals surface area (Å²) in [6.45, 7) is 0.636. The summed E-state index contributed by atoms with van der Waals surface area (Å²) in [5, 5.41) is 9.27. The smallest absolute Gasteiger partial charge is 0.326 e. The Balaban J connectivity index is 1.68. The highest BCUT2D eigenvalue weighted by Crippen LogP contribution is 2.31. The number of nitrogens with zero attached hydrogens (tertiary/aromatic N) is 2. The van der Waals surface area contributed by atoms with Crippen LogP contribution in [0.4, 0.5) is 5.69 Å². The van der Waals surface area contributed by atoms with Crippen molar-refractivity contribution in [1.29, 1.82) is 0 Å². The Morgan fingerprint density at radius 3 is 2.83 bits per heavy atom. The Labute approximate surface area is 139 Å². The molecule has 1 N–H and O–H groups in total. The lowest BCUT2D eigenvalue weighted by Gasteiger charge is -2.34. The number of para-hydroxylation sites is 2. The number of likely N-dealkylation sites (tertiary alicyclic amines) is 1. The van der Waals surface area contributed by atoms with E-state index in [0.717, 1.165) is 12.8 Å². The number of hydrogen-bond donors (Lipinski definition) is 1. The second-order valence-corrected chi connectivity index (χ2v) is 5.99. The number of carbonyl (C=O) groups excluding carboxylic acids is 2. The molecule has 0 aliphatic carbocycles. The van der Waals surface area contributed by atoms with Gasteiger partial charge in [0.1, 0.15) is 11.8 Å². The van der Waals surface area contributed by atoms with E-state index in [-0.39, 0.29) is 31.4 Å². The molecule has 0 radical (unpaired) electrons. The number of carbonyl (C=O) groups is 3. The van der Waals surface area contributed by atoms with Crippen molar-refractivity contribution in [3.8, 4) is 5.75 Å². The minimum atomic E-state index is -0.962. The molecule has 0 spiro atoms. The first-order chi connectivity index (χ1) is 11.6. The molecular weight excluding hydrogens is 312 g/mol. The van der Waals surface area contributed by atoms with Gasteiger partial charge in [-0.3, -0.25) is 9.59 Å². The fourth-order valence-electron chi connectivity index (χ4n) is 3.24. The first kappa shape index (κ1) is 16.3. The second-order valence-electron chi connectivity index (χ2n) is 5.99. The maximum Gasteiger partial charge on any atom is 0.326 e. The lowest BCUT2D eigenvalue weighted by molar-refractivity contribution is -0.152. The number of benzene rings is 1. The molecule has 1 saturated heterocycles. The molecule has 1 atom stereocenters. The normalized spacial score (nSPS) is 20.3. The lowest BCUT2D eigenvalue weighted by atomic mass is 10.0. The fourth-order valence-corrected chi connectivity index (χ4v) is 3.24. The Hall–Kier alpha value is -2.57. The predicted molar refractivity (Wildman–Crippen MR) is 85.9 cm³/mol. The predicted octanol–water partition coefficient (Wildman–Crippen LogP) is 1.27. The molecule has 1 aromatic carbocycles. The van der Waals surface area contributed by atoms with Crippen LogP contribution in [0.2, 0.25) is 0 Å². The number of aliphatic carboxylic acids is 1. The van der Waals surface area contributed by atoms with Gasteiger partial charge in [0, 0.05) is 19.5 Å². The first-order valence-electron chi connectivity index (χ1n) is 8.12. The highest BCUT2D eigenvalue weighted by molar-refractivity contribution is 5.98. The average molecular weight is 332 g/mol. The Kier molecular flexibility index (Phi) is 4.69. The Morgan fingerprint density at radius 2 is 2.04 bits per heavy atom. The number of rotatable bonds is 4. The molecule has 7 heteroatoms. The van der Waals surface area contributed by atoms with Crippen molar-refractivity contribution in [3.05, 3.63) is 24.3 Å². The van der Waals surface area contributed by atoms with Crippen molar-refractivity contribution in [2.75, 3.05) is 24.6 Å². The third kappa shape index (κ3) is 3.20. The quantitative estimate of drug-likeness (QED) is 0.897. The molecule has 1 fully saturated rings. The summed E-state index contributed by atoms with van der Waals surface area (Å²) in [7, 11) is 0. The van der Waals surface area contributed by atoms with Gasteiger partial charge in [-0.25, -0.2) is 4.79 Å². The van der Waals surface area contributed by atoms with Crippen molar-refractivity contribution < 1.29 is 24.2 Å². The number of ether oxygens (including phenoxy) is 1. The van der Waals surface area contributed by atoms with Gasteiger partial charge in [0.05, 0.1) is 5.69 Å². The zero-order chi connectivity index (χ0) is 17.1. The molecule has 3 rings (SSSR count). The number of carboxylic acid groups (broad SMARTS) is 1. The van der Waals surface area contributed by atoms with Crippen LogP contribution in [0.25, 0.3) is 0 Å². The maximum absolute atomic E-state index is 12.5. The molecule has 2 heterocycles. The zero-order valence-corrected chi connectivity index (χ0v) is 13.3. The van der Waals surface area contributed by atoms with E-state index in [0.29, 0.717) is 24.4 Å². The summed E-state index contributed by atoms with van der Waals surface area (Å²) in [5.74, 6) is -0.768. The van der Waals surface area contributed by atoms with Crippen LogP contribution in [-0.2, 0) is 14.4 Å². The Bertz CT molecular complexity index is 660. The molecule has 0 saturated carbocycles. The van der Waals surface area contributed by atoms with E-state index in [1.54, 1.807) is 18.2 Å². The van der Waals surface area contributed by atoms with Crippen LogP contribution < -0.4 is 9.64 Å².